The van der Waals surface area contributed by atoms with E-state index in [0.717, 1.165) is 12.0 Å². The van der Waals surface area contributed by atoms with E-state index in [9.17, 15) is 4.79 Å². The third-order valence-corrected chi connectivity index (χ3v) is 2.53. The lowest BCUT2D eigenvalue weighted by atomic mass is 9.97. The predicted molar refractivity (Wildman–Crippen MR) is 58.9 cm³/mol. The molecule has 0 spiro atoms. The molecule has 0 fully saturated rings. The molecule has 1 aliphatic rings. The van der Waals surface area contributed by atoms with E-state index >= 15 is 0 Å². The van der Waals surface area contributed by atoms with Crippen LogP contribution in [0.4, 0.5) is 0 Å². The van der Waals surface area contributed by atoms with Crippen LogP contribution in [0.15, 0.2) is 48.6 Å². The number of carboxylic acid groups (broad SMARTS) is 1. The highest BCUT2D eigenvalue weighted by Crippen LogP contribution is 2.18. The number of aromatic carboxylic acids is 1. The zero-order valence-corrected chi connectivity index (χ0v) is 8.26. The predicted octanol–water partition coefficient (Wildman–Crippen LogP) is 2.67. The average Bonchev–Trinajstić information content (AvgIpc) is 2.71. The summed E-state index contributed by atoms with van der Waals surface area (Å²) in [6, 6.07) is 7.17. The number of carbonyl (C=O) groups is 1. The van der Waals surface area contributed by atoms with Crippen molar-refractivity contribution in [2.45, 2.75) is 6.42 Å². The fourth-order valence-electron chi connectivity index (χ4n) is 1.77. The molecule has 0 radical (unpaired) electrons. The minimum absolute atomic E-state index is 0.338. The van der Waals surface area contributed by atoms with Crippen molar-refractivity contribution in [3.8, 4) is 0 Å². The van der Waals surface area contributed by atoms with E-state index in [2.05, 4.69) is 12.2 Å². The number of hydrogen-bond acceptors (Lipinski definition) is 1. The van der Waals surface area contributed by atoms with Crippen molar-refractivity contribution < 1.29 is 9.90 Å². The van der Waals surface area contributed by atoms with E-state index in [0.29, 0.717) is 11.5 Å². The standard InChI is InChI=1S/C13H12O2/c14-13(15)12-8-4-3-7-11(12)9-10-5-1-2-6-10/h1-8,10H,9H2,(H,14,15). The molecule has 0 saturated heterocycles. The molecule has 1 N–H and O–H groups in total. The number of allylic oxidation sites excluding steroid dienone is 4. The van der Waals surface area contributed by atoms with Crippen LogP contribution in [0.1, 0.15) is 15.9 Å². The highest BCUT2D eigenvalue weighted by atomic mass is 16.4. The SMILES string of the molecule is O=C(O)c1ccccc1CC1C=CC=C1. The molecule has 0 atom stereocenters. The molecule has 1 aliphatic carbocycles. The molecule has 2 rings (SSSR count). The molecular formula is C13H12O2. The molecule has 0 heterocycles. The zero-order valence-electron chi connectivity index (χ0n) is 8.26. The number of rotatable bonds is 3. The van der Waals surface area contributed by atoms with Gasteiger partial charge in [-0.2, -0.15) is 0 Å². The maximum Gasteiger partial charge on any atom is 0.335 e. The molecule has 0 unspecified atom stereocenters. The summed E-state index contributed by atoms with van der Waals surface area (Å²) in [7, 11) is 0. The Bertz CT molecular complexity index is 418. The van der Waals surface area contributed by atoms with Crippen LogP contribution >= 0.6 is 0 Å². The van der Waals surface area contributed by atoms with Crippen molar-refractivity contribution in [2.75, 3.05) is 0 Å². The van der Waals surface area contributed by atoms with Crippen LogP contribution in [0.25, 0.3) is 0 Å². The monoisotopic (exact) mass is 200 g/mol. The zero-order chi connectivity index (χ0) is 10.7. The minimum atomic E-state index is -0.850. The van der Waals surface area contributed by atoms with Crippen molar-refractivity contribution in [1.82, 2.24) is 0 Å². The van der Waals surface area contributed by atoms with Crippen molar-refractivity contribution in [3.63, 3.8) is 0 Å². The molecule has 1 aromatic rings. The van der Waals surface area contributed by atoms with Crippen molar-refractivity contribution in [3.05, 3.63) is 59.7 Å². The van der Waals surface area contributed by atoms with Crippen molar-refractivity contribution in [1.29, 1.82) is 0 Å². The van der Waals surface area contributed by atoms with Gasteiger partial charge in [0.15, 0.2) is 0 Å². The van der Waals surface area contributed by atoms with Gasteiger partial charge < -0.3 is 5.11 Å². The molecule has 0 amide bonds. The Hall–Kier alpha value is -1.83. The molecule has 2 heteroatoms. The van der Waals surface area contributed by atoms with Crippen LogP contribution in [0.3, 0.4) is 0 Å². The summed E-state index contributed by atoms with van der Waals surface area (Å²) in [5.74, 6) is -0.512. The van der Waals surface area contributed by atoms with Gasteiger partial charge in [-0.25, -0.2) is 4.79 Å². The second-order valence-electron chi connectivity index (χ2n) is 3.60. The van der Waals surface area contributed by atoms with Gasteiger partial charge in [-0.15, -0.1) is 0 Å². The van der Waals surface area contributed by atoms with Crippen molar-refractivity contribution in [2.24, 2.45) is 5.92 Å². The first kappa shape index (κ1) is 9.71. The van der Waals surface area contributed by atoms with Gasteiger partial charge in [0, 0.05) is 0 Å². The van der Waals surface area contributed by atoms with Crippen LogP contribution < -0.4 is 0 Å². The Labute approximate surface area is 88.6 Å². The Kier molecular flexibility index (Phi) is 2.68. The molecule has 0 aromatic heterocycles. The second-order valence-corrected chi connectivity index (χ2v) is 3.60. The first-order chi connectivity index (χ1) is 7.27. The van der Waals surface area contributed by atoms with Crippen LogP contribution in [-0.4, -0.2) is 11.1 Å². The minimum Gasteiger partial charge on any atom is -0.478 e. The van der Waals surface area contributed by atoms with Gasteiger partial charge in [-0.05, 0) is 24.0 Å². The van der Waals surface area contributed by atoms with Gasteiger partial charge in [0.25, 0.3) is 0 Å². The van der Waals surface area contributed by atoms with E-state index in [4.69, 9.17) is 5.11 Å². The van der Waals surface area contributed by atoms with Crippen LogP contribution in [-0.2, 0) is 6.42 Å². The summed E-state index contributed by atoms with van der Waals surface area (Å²) < 4.78 is 0. The first-order valence-corrected chi connectivity index (χ1v) is 4.93. The summed E-state index contributed by atoms with van der Waals surface area (Å²) in [6.45, 7) is 0. The quantitative estimate of drug-likeness (QED) is 0.814. The Balaban J connectivity index is 2.23. The Morgan fingerprint density at radius 1 is 1.20 bits per heavy atom. The molecule has 76 valence electrons. The lowest BCUT2D eigenvalue weighted by Crippen LogP contribution is -2.05. The van der Waals surface area contributed by atoms with E-state index in [1.807, 2.05) is 24.3 Å². The summed E-state index contributed by atoms with van der Waals surface area (Å²) in [5, 5.41) is 9.00. The van der Waals surface area contributed by atoms with Crippen LogP contribution in [0, 0.1) is 5.92 Å². The molecule has 0 aliphatic heterocycles. The van der Waals surface area contributed by atoms with Crippen LogP contribution in [0.2, 0.25) is 0 Å². The number of hydrogen-bond donors (Lipinski definition) is 1. The highest BCUT2D eigenvalue weighted by Gasteiger charge is 2.12. The van der Waals surface area contributed by atoms with Gasteiger partial charge in [0.05, 0.1) is 5.56 Å². The van der Waals surface area contributed by atoms with Gasteiger partial charge in [0.1, 0.15) is 0 Å². The van der Waals surface area contributed by atoms with E-state index in [1.165, 1.54) is 0 Å². The fourth-order valence-corrected chi connectivity index (χ4v) is 1.77. The third-order valence-electron chi connectivity index (χ3n) is 2.53. The summed E-state index contributed by atoms with van der Waals surface area (Å²) in [5.41, 5.74) is 1.30. The molecule has 2 nitrogen and oxygen atoms in total. The summed E-state index contributed by atoms with van der Waals surface area (Å²) in [6.07, 6.45) is 8.91. The lowest BCUT2D eigenvalue weighted by Gasteiger charge is -2.08. The molecule has 1 aromatic carbocycles. The number of carboxylic acids is 1. The lowest BCUT2D eigenvalue weighted by molar-refractivity contribution is 0.0695. The molecular weight excluding hydrogens is 188 g/mol. The van der Waals surface area contributed by atoms with Gasteiger partial charge in [-0.1, -0.05) is 42.5 Å². The normalized spacial score (nSPS) is 14.7. The van der Waals surface area contributed by atoms with Gasteiger partial charge in [0.2, 0.25) is 0 Å². The summed E-state index contributed by atoms with van der Waals surface area (Å²) >= 11 is 0. The number of benzene rings is 1. The average molecular weight is 200 g/mol. The second kappa shape index (κ2) is 4.13. The van der Waals surface area contributed by atoms with Gasteiger partial charge >= 0.3 is 5.97 Å². The van der Waals surface area contributed by atoms with E-state index < -0.39 is 5.97 Å². The van der Waals surface area contributed by atoms with E-state index in [1.54, 1.807) is 12.1 Å². The first-order valence-electron chi connectivity index (χ1n) is 4.93. The molecule has 0 bridgehead atoms. The third kappa shape index (κ3) is 2.15. The maximum atomic E-state index is 11.0. The molecule has 0 saturated carbocycles. The highest BCUT2D eigenvalue weighted by molar-refractivity contribution is 5.89. The van der Waals surface area contributed by atoms with Crippen LogP contribution in [0.5, 0.6) is 0 Å². The van der Waals surface area contributed by atoms with Crippen molar-refractivity contribution >= 4 is 5.97 Å². The Morgan fingerprint density at radius 2 is 1.87 bits per heavy atom. The largest absolute Gasteiger partial charge is 0.478 e. The van der Waals surface area contributed by atoms with Gasteiger partial charge in [-0.3, -0.25) is 0 Å². The smallest absolute Gasteiger partial charge is 0.335 e. The fraction of sp³-hybridized carbons (Fsp3) is 0.154. The van der Waals surface area contributed by atoms with E-state index in [-0.39, 0.29) is 0 Å². The maximum absolute atomic E-state index is 11.0. The Morgan fingerprint density at radius 3 is 2.53 bits per heavy atom. The summed E-state index contributed by atoms with van der Waals surface area (Å²) in [4.78, 5) is 11.0. The molecule has 15 heavy (non-hydrogen) atoms. The topological polar surface area (TPSA) is 37.3 Å².